The lowest BCUT2D eigenvalue weighted by molar-refractivity contribution is 0.450. The Kier molecular flexibility index (Phi) is 4.52. The Morgan fingerprint density at radius 3 is 2.79 bits per heavy atom. The van der Waals surface area contributed by atoms with E-state index in [0.717, 1.165) is 42.8 Å². The predicted molar refractivity (Wildman–Crippen MR) is 111 cm³/mol. The number of hydrogen-bond donors (Lipinski definition) is 0. The average Bonchev–Trinajstić information content (AvgIpc) is 3.47. The summed E-state index contributed by atoms with van der Waals surface area (Å²) in [4.78, 5) is 9.20. The third-order valence-electron chi connectivity index (χ3n) is 6.10. The summed E-state index contributed by atoms with van der Waals surface area (Å²) in [5.74, 6) is 0.845. The minimum Gasteiger partial charge on any atom is -0.324 e. The number of rotatable bonds is 4. The molecule has 29 heavy (non-hydrogen) atoms. The van der Waals surface area contributed by atoms with E-state index < -0.39 is 10.0 Å². The first kappa shape index (κ1) is 18.5. The average molecular weight is 409 g/mol. The molecule has 1 aliphatic carbocycles. The number of aromatic nitrogens is 3. The fourth-order valence-electron chi connectivity index (χ4n) is 4.61. The third kappa shape index (κ3) is 3.18. The molecule has 2 aliphatic rings. The van der Waals surface area contributed by atoms with Crippen LogP contribution in [0.25, 0.3) is 11.4 Å². The second kappa shape index (κ2) is 7.07. The van der Waals surface area contributed by atoms with Crippen LogP contribution in [0, 0.1) is 6.92 Å². The van der Waals surface area contributed by atoms with E-state index in [1.807, 2.05) is 37.4 Å². The monoisotopic (exact) mass is 408 g/mol. The molecule has 3 aromatic rings. The summed E-state index contributed by atoms with van der Waals surface area (Å²) in [7, 11) is -3.49. The summed E-state index contributed by atoms with van der Waals surface area (Å²) >= 11 is 0. The van der Waals surface area contributed by atoms with Crippen molar-refractivity contribution in [2.45, 2.75) is 43.5 Å². The highest BCUT2D eigenvalue weighted by atomic mass is 32.2. The van der Waals surface area contributed by atoms with E-state index in [9.17, 15) is 8.42 Å². The molecule has 0 spiro atoms. The summed E-state index contributed by atoms with van der Waals surface area (Å²) in [5, 5.41) is 0. The molecule has 3 heterocycles. The minimum atomic E-state index is -3.49. The van der Waals surface area contributed by atoms with Crippen molar-refractivity contribution in [2.75, 3.05) is 13.1 Å². The van der Waals surface area contributed by atoms with Crippen LogP contribution in [-0.4, -0.2) is 40.3 Å². The van der Waals surface area contributed by atoms with Crippen LogP contribution in [0.15, 0.2) is 53.8 Å². The van der Waals surface area contributed by atoms with Crippen LogP contribution in [-0.2, 0) is 22.9 Å². The van der Waals surface area contributed by atoms with E-state index in [0.29, 0.717) is 18.0 Å². The molecule has 1 saturated heterocycles. The summed E-state index contributed by atoms with van der Waals surface area (Å²) in [5.41, 5.74) is 4.45. The molecule has 2 aromatic heterocycles. The van der Waals surface area contributed by atoms with E-state index in [1.165, 1.54) is 11.1 Å². The Hall–Kier alpha value is -2.51. The van der Waals surface area contributed by atoms with Gasteiger partial charge in [-0.3, -0.25) is 4.98 Å². The van der Waals surface area contributed by atoms with Gasteiger partial charge in [0.15, 0.2) is 0 Å². The van der Waals surface area contributed by atoms with Gasteiger partial charge in [-0.25, -0.2) is 13.4 Å². The molecule has 1 unspecified atom stereocenters. The Labute approximate surface area is 171 Å². The van der Waals surface area contributed by atoms with Gasteiger partial charge in [-0.1, -0.05) is 6.07 Å². The number of fused-ring (bicyclic) bond motifs is 1. The van der Waals surface area contributed by atoms with Crippen molar-refractivity contribution >= 4 is 10.0 Å². The summed E-state index contributed by atoms with van der Waals surface area (Å²) < 4.78 is 30.3. The Morgan fingerprint density at radius 1 is 1.10 bits per heavy atom. The number of pyridine rings is 1. The largest absolute Gasteiger partial charge is 0.324 e. The van der Waals surface area contributed by atoms with E-state index in [-0.39, 0.29) is 6.04 Å². The number of sulfonamides is 1. The molecule has 0 amide bonds. The van der Waals surface area contributed by atoms with E-state index in [4.69, 9.17) is 0 Å². The van der Waals surface area contributed by atoms with E-state index in [2.05, 4.69) is 14.5 Å². The highest BCUT2D eigenvalue weighted by Crippen LogP contribution is 2.33. The molecule has 150 valence electrons. The number of benzene rings is 1. The van der Waals surface area contributed by atoms with Gasteiger partial charge in [-0.05, 0) is 68.0 Å². The van der Waals surface area contributed by atoms with Gasteiger partial charge in [-0.2, -0.15) is 4.31 Å². The maximum atomic E-state index is 13.3. The fraction of sp³-hybridized carbons (Fsp3) is 0.364. The molecule has 1 aliphatic heterocycles. The van der Waals surface area contributed by atoms with Crippen LogP contribution in [0.2, 0.25) is 0 Å². The lowest BCUT2D eigenvalue weighted by Gasteiger charge is -2.20. The highest BCUT2D eigenvalue weighted by Gasteiger charge is 2.35. The van der Waals surface area contributed by atoms with Crippen molar-refractivity contribution in [2.24, 2.45) is 0 Å². The van der Waals surface area contributed by atoms with Gasteiger partial charge in [0.1, 0.15) is 5.82 Å². The van der Waals surface area contributed by atoms with Crippen molar-refractivity contribution in [3.8, 4) is 11.4 Å². The minimum absolute atomic E-state index is 0.0666. The summed E-state index contributed by atoms with van der Waals surface area (Å²) in [6.45, 7) is 3.00. The van der Waals surface area contributed by atoms with Crippen molar-refractivity contribution in [3.63, 3.8) is 0 Å². The molecule has 7 heteroatoms. The zero-order valence-electron chi connectivity index (χ0n) is 16.5. The SMILES string of the molecule is Cc1cnc(-c2cccnc2)n1C1CCN(S(=O)(=O)c2ccc3c(c2)CCC3)C1. The summed E-state index contributed by atoms with van der Waals surface area (Å²) in [6, 6.07) is 9.59. The normalized spacial score (nSPS) is 19.6. The van der Waals surface area contributed by atoms with Crippen molar-refractivity contribution in [1.82, 2.24) is 18.8 Å². The van der Waals surface area contributed by atoms with Crippen molar-refractivity contribution in [1.29, 1.82) is 0 Å². The lowest BCUT2D eigenvalue weighted by atomic mass is 10.1. The van der Waals surface area contributed by atoms with Gasteiger partial charge < -0.3 is 4.57 Å². The van der Waals surface area contributed by atoms with Gasteiger partial charge in [0.2, 0.25) is 10.0 Å². The standard InChI is InChI=1S/C22H24N4O2S/c1-16-13-24-22(19-6-3-10-23-14-19)26(16)20-9-11-25(15-20)29(27,28)21-8-7-17-4-2-5-18(17)12-21/h3,6-8,10,12-14,20H,2,4-5,9,11,15H2,1H3. The molecule has 5 rings (SSSR count). The first-order chi connectivity index (χ1) is 14.0. The van der Waals surface area contributed by atoms with Crippen LogP contribution >= 0.6 is 0 Å². The van der Waals surface area contributed by atoms with Gasteiger partial charge in [0.05, 0.1) is 10.9 Å². The lowest BCUT2D eigenvalue weighted by Crippen LogP contribution is -2.29. The van der Waals surface area contributed by atoms with Crippen molar-refractivity contribution < 1.29 is 8.42 Å². The number of hydrogen-bond acceptors (Lipinski definition) is 4. The first-order valence-corrected chi connectivity index (χ1v) is 11.5. The summed E-state index contributed by atoms with van der Waals surface area (Å²) in [6.07, 6.45) is 9.30. The zero-order chi connectivity index (χ0) is 20.0. The van der Waals surface area contributed by atoms with E-state index >= 15 is 0 Å². The quantitative estimate of drug-likeness (QED) is 0.664. The number of aryl methyl sites for hydroxylation is 3. The molecular weight excluding hydrogens is 384 g/mol. The molecule has 0 radical (unpaired) electrons. The highest BCUT2D eigenvalue weighted by molar-refractivity contribution is 7.89. The predicted octanol–water partition coefficient (Wildman–Crippen LogP) is 3.38. The van der Waals surface area contributed by atoms with Crippen molar-refractivity contribution in [3.05, 3.63) is 65.7 Å². The van der Waals surface area contributed by atoms with Gasteiger partial charge >= 0.3 is 0 Å². The molecular formula is C22H24N4O2S. The van der Waals surface area contributed by atoms with Gasteiger partial charge in [0, 0.05) is 42.9 Å². The van der Waals surface area contributed by atoms with Crippen LogP contribution in [0.3, 0.4) is 0 Å². The maximum absolute atomic E-state index is 13.3. The number of nitrogens with zero attached hydrogens (tertiary/aromatic N) is 4. The van der Waals surface area contributed by atoms with Crippen LogP contribution in [0.4, 0.5) is 0 Å². The second-order valence-electron chi connectivity index (χ2n) is 7.92. The Morgan fingerprint density at radius 2 is 1.97 bits per heavy atom. The molecule has 1 aromatic carbocycles. The second-order valence-corrected chi connectivity index (χ2v) is 9.86. The molecule has 0 saturated carbocycles. The topological polar surface area (TPSA) is 68.1 Å². The van der Waals surface area contributed by atoms with Crippen LogP contribution in [0.5, 0.6) is 0 Å². The van der Waals surface area contributed by atoms with Gasteiger partial charge in [-0.15, -0.1) is 0 Å². The Bertz CT molecular complexity index is 1150. The maximum Gasteiger partial charge on any atom is 0.243 e. The molecule has 6 nitrogen and oxygen atoms in total. The first-order valence-electron chi connectivity index (χ1n) is 10.1. The molecule has 1 fully saturated rings. The van der Waals surface area contributed by atoms with Crippen LogP contribution in [0.1, 0.15) is 35.7 Å². The molecule has 0 N–H and O–H groups in total. The fourth-order valence-corrected chi connectivity index (χ4v) is 6.16. The Balaban J connectivity index is 1.43. The molecule has 1 atom stereocenters. The smallest absolute Gasteiger partial charge is 0.243 e. The number of imidazole rings is 1. The van der Waals surface area contributed by atoms with Crippen LogP contribution < -0.4 is 0 Å². The molecule has 0 bridgehead atoms. The third-order valence-corrected chi connectivity index (χ3v) is 7.96. The van der Waals surface area contributed by atoms with Gasteiger partial charge in [0.25, 0.3) is 0 Å². The van der Waals surface area contributed by atoms with E-state index in [1.54, 1.807) is 22.8 Å². The zero-order valence-corrected chi connectivity index (χ0v) is 17.3.